The molecule has 1 saturated carbocycles. The van der Waals surface area contributed by atoms with E-state index in [4.69, 9.17) is 0 Å². The molecule has 1 aliphatic heterocycles. The molecule has 82 valence electrons. The highest BCUT2D eigenvalue weighted by molar-refractivity contribution is 4.91. The third kappa shape index (κ3) is 2.12. The summed E-state index contributed by atoms with van der Waals surface area (Å²) in [4.78, 5) is 2.68. The Bertz CT molecular complexity index is 196. The Morgan fingerprint density at radius 1 is 1.36 bits per heavy atom. The van der Waals surface area contributed by atoms with Crippen LogP contribution in [0.1, 0.15) is 40.0 Å². The van der Waals surface area contributed by atoms with E-state index >= 15 is 0 Å². The van der Waals surface area contributed by atoms with Crippen molar-refractivity contribution in [1.29, 1.82) is 0 Å². The van der Waals surface area contributed by atoms with Crippen LogP contribution in [0.5, 0.6) is 0 Å². The van der Waals surface area contributed by atoms with Crippen molar-refractivity contribution in [3.8, 4) is 0 Å². The van der Waals surface area contributed by atoms with E-state index in [-0.39, 0.29) is 0 Å². The van der Waals surface area contributed by atoms with Crippen LogP contribution < -0.4 is 5.32 Å². The standard InChI is InChI=1S/C12H24N2/c1-10(11-5-4-6-11)14-8-7-13-12(2,3)9-14/h10-11,13H,4-9H2,1-3H3. The largest absolute Gasteiger partial charge is 0.309 e. The molecule has 1 aliphatic carbocycles. The number of rotatable bonds is 2. The van der Waals surface area contributed by atoms with Crippen molar-refractivity contribution in [3.63, 3.8) is 0 Å². The van der Waals surface area contributed by atoms with Gasteiger partial charge in [-0.05, 0) is 39.5 Å². The monoisotopic (exact) mass is 196 g/mol. The fourth-order valence-electron chi connectivity index (χ4n) is 2.75. The number of hydrogen-bond acceptors (Lipinski definition) is 2. The third-order valence-corrected chi connectivity index (χ3v) is 4.01. The lowest BCUT2D eigenvalue weighted by Crippen LogP contribution is -2.60. The van der Waals surface area contributed by atoms with Gasteiger partial charge in [-0.25, -0.2) is 0 Å². The van der Waals surface area contributed by atoms with Gasteiger partial charge in [-0.1, -0.05) is 6.42 Å². The summed E-state index contributed by atoms with van der Waals surface area (Å²) in [7, 11) is 0. The van der Waals surface area contributed by atoms with Crippen LogP contribution in [-0.2, 0) is 0 Å². The van der Waals surface area contributed by atoms with Crippen molar-refractivity contribution in [2.45, 2.75) is 51.6 Å². The fourth-order valence-corrected chi connectivity index (χ4v) is 2.75. The molecule has 2 heteroatoms. The average molecular weight is 196 g/mol. The molecule has 0 spiro atoms. The summed E-state index contributed by atoms with van der Waals surface area (Å²) in [6.07, 6.45) is 4.39. The van der Waals surface area contributed by atoms with Crippen molar-refractivity contribution >= 4 is 0 Å². The highest BCUT2D eigenvalue weighted by atomic mass is 15.2. The lowest BCUT2D eigenvalue weighted by Gasteiger charge is -2.46. The van der Waals surface area contributed by atoms with Crippen LogP contribution in [0.15, 0.2) is 0 Å². The molecule has 0 bridgehead atoms. The third-order valence-electron chi connectivity index (χ3n) is 4.01. The number of piperazine rings is 1. The van der Waals surface area contributed by atoms with Gasteiger partial charge in [0.05, 0.1) is 0 Å². The second kappa shape index (κ2) is 3.82. The van der Waals surface area contributed by atoms with Crippen LogP contribution >= 0.6 is 0 Å². The van der Waals surface area contributed by atoms with Crippen LogP contribution in [0.2, 0.25) is 0 Å². The lowest BCUT2D eigenvalue weighted by molar-refractivity contribution is 0.0599. The van der Waals surface area contributed by atoms with Crippen molar-refractivity contribution in [3.05, 3.63) is 0 Å². The van der Waals surface area contributed by atoms with Gasteiger partial charge < -0.3 is 5.32 Å². The van der Waals surface area contributed by atoms with Crippen molar-refractivity contribution in [2.24, 2.45) is 5.92 Å². The predicted molar refractivity (Wildman–Crippen MR) is 60.5 cm³/mol. The van der Waals surface area contributed by atoms with Crippen LogP contribution in [0.25, 0.3) is 0 Å². The maximum atomic E-state index is 3.58. The smallest absolute Gasteiger partial charge is 0.0252 e. The van der Waals surface area contributed by atoms with Gasteiger partial charge in [-0.2, -0.15) is 0 Å². The predicted octanol–water partition coefficient (Wildman–Crippen LogP) is 1.86. The molecule has 0 aromatic rings. The minimum absolute atomic E-state index is 0.316. The van der Waals surface area contributed by atoms with Crippen molar-refractivity contribution in [1.82, 2.24) is 10.2 Å². The topological polar surface area (TPSA) is 15.3 Å². The second-order valence-corrected chi connectivity index (χ2v) is 5.71. The first kappa shape index (κ1) is 10.4. The maximum absolute atomic E-state index is 3.58. The Labute approximate surface area is 88.1 Å². The number of nitrogens with zero attached hydrogens (tertiary/aromatic N) is 1. The Morgan fingerprint density at radius 3 is 2.57 bits per heavy atom. The maximum Gasteiger partial charge on any atom is 0.0252 e. The first-order chi connectivity index (χ1) is 6.58. The quantitative estimate of drug-likeness (QED) is 0.725. The molecular weight excluding hydrogens is 172 g/mol. The van der Waals surface area contributed by atoms with Gasteiger partial charge in [-0.3, -0.25) is 4.90 Å². The minimum atomic E-state index is 0.316. The number of nitrogens with one attached hydrogen (secondary N) is 1. The molecule has 0 radical (unpaired) electrons. The van der Waals surface area contributed by atoms with Gasteiger partial charge in [0, 0.05) is 31.2 Å². The van der Waals surface area contributed by atoms with E-state index in [9.17, 15) is 0 Å². The highest BCUT2D eigenvalue weighted by Crippen LogP contribution is 2.32. The normalized spacial score (nSPS) is 31.1. The summed E-state index contributed by atoms with van der Waals surface area (Å²) in [6, 6.07) is 0.810. The fraction of sp³-hybridized carbons (Fsp3) is 1.00. The Hall–Kier alpha value is -0.0800. The van der Waals surface area contributed by atoms with Gasteiger partial charge in [0.25, 0.3) is 0 Å². The van der Waals surface area contributed by atoms with Crippen LogP contribution in [-0.4, -0.2) is 36.1 Å². The molecule has 1 unspecified atom stereocenters. The summed E-state index contributed by atoms with van der Waals surface area (Å²) in [5.41, 5.74) is 0.316. The Balaban J connectivity index is 1.89. The zero-order chi connectivity index (χ0) is 10.2. The first-order valence-electron chi connectivity index (χ1n) is 6.07. The van der Waals surface area contributed by atoms with E-state index < -0.39 is 0 Å². The molecule has 1 saturated heterocycles. The lowest BCUT2D eigenvalue weighted by atomic mass is 9.79. The number of hydrogen-bond donors (Lipinski definition) is 1. The average Bonchev–Trinajstić information content (AvgIpc) is 1.99. The van der Waals surface area contributed by atoms with Gasteiger partial charge in [0.2, 0.25) is 0 Å². The summed E-state index contributed by atoms with van der Waals surface area (Å²) >= 11 is 0. The van der Waals surface area contributed by atoms with E-state index in [1.807, 2.05) is 0 Å². The zero-order valence-electron chi connectivity index (χ0n) is 9.84. The van der Waals surface area contributed by atoms with Crippen LogP contribution in [0.3, 0.4) is 0 Å². The molecular formula is C12H24N2. The van der Waals surface area contributed by atoms with Gasteiger partial charge in [0.15, 0.2) is 0 Å². The molecule has 2 rings (SSSR count). The molecule has 0 aromatic carbocycles. The summed E-state index contributed by atoms with van der Waals surface area (Å²) in [6.45, 7) is 10.7. The van der Waals surface area contributed by atoms with Crippen LogP contribution in [0, 0.1) is 5.92 Å². The summed E-state index contributed by atoms with van der Waals surface area (Å²) in [5, 5.41) is 3.58. The van der Waals surface area contributed by atoms with Crippen LogP contribution in [0.4, 0.5) is 0 Å². The van der Waals surface area contributed by atoms with Gasteiger partial charge >= 0.3 is 0 Å². The molecule has 0 aromatic heterocycles. The van der Waals surface area contributed by atoms with E-state index in [2.05, 4.69) is 31.0 Å². The van der Waals surface area contributed by atoms with Crippen molar-refractivity contribution < 1.29 is 0 Å². The minimum Gasteiger partial charge on any atom is -0.309 e. The van der Waals surface area contributed by atoms with E-state index in [0.717, 1.165) is 18.5 Å². The Morgan fingerprint density at radius 2 is 2.07 bits per heavy atom. The molecule has 14 heavy (non-hydrogen) atoms. The summed E-state index contributed by atoms with van der Waals surface area (Å²) in [5.74, 6) is 0.990. The molecule has 1 atom stereocenters. The van der Waals surface area contributed by atoms with E-state index in [0.29, 0.717) is 5.54 Å². The Kier molecular flexibility index (Phi) is 2.85. The van der Waals surface area contributed by atoms with E-state index in [1.165, 1.54) is 32.4 Å². The second-order valence-electron chi connectivity index (χ2n) is 5.71. The highest BCUT2D eigenvalue weighted by Gasteiger charge is 2.33. The first-order valence-corrected chi connectivity index (χ1v) is 6.07. The van der Waals surface area contributed by atoms with Crippen molar-refractivity contribution in [2.75, 3.05) is 19.6 Å². The van der Waals surface area contributed by atoms with E-state index in [1.54, 1.807) is 0 Å². The molecule has 2 aliphatic rings. The molecule has 2 nitrogen and oxygen atoms in total. The molecule has 0 amide bonds. The zero-order valence-corrected chi connectivity index (χ0v) is 9.84. The molecule has 1 N–H and O–H groups in total. The molecule has 2 fully saturated rings. The van der Waals surface area contributed by atoms with Gasteiger partial charge in [-0.15, -0.1) is 0 Å². The molecule has 1 heterocycles. The van der Waals surface area contributed by atoms with Gasteiger partial charge in [0.1, 0.15) is 0 Å². The summed E-state index contributed by atoms with van der Waals surface area (Å²) < 4.78 is 0. The SMILES string of the molecule is CC(C1CCC1)N1CCNC(C)(C)C1.